The summed E-state index contributed by atoms with van der Waals surface area (Å²) in [5, 5.41) is 6.98. The van der Waals surface area contributed by atoms with Crippen LogP contribution in [0.3, 0.4) is 0 Å². The van der Waals surface area contributed by atoms with E-state index < -0.39 is 0 Å². The van der Waals surface area contributed by atoms with E-state index in [1.807, 2.05) is 48.7 Å². The molecular formula is C16H15N3O2S. The van der Waals surface area contributed by atoms with Gasteiger partial charge in [0.2, 0.25) is 5.13 Å². The highest BCUT2D eigenvalue weighted by atomic mass is 32.1. The molecule has 1 aromatic carbocycles. The number of anilines is 1. The van der Waals surface area contributed by atoms with Crippen LogP contribution in [0.2, 0.25) is 0 Å². The minimum absolute atomic E-state index is 0.726. The predicted octanol–water partition coefficient (Wildman–Crippen LogP) is 4.25. The Balaban J connectivity index is 1.75. The van der Waals surface area contributed by atoms with Crippen LogP contribution >= 0.6 is 11.3 Å². The molecule has 0 saturated heterocycles. The van der Waals surface area contributed by atoms with Crippen molar-refractivity contribution in [2.75, 3.05) is 12.5 Å². The average Bonchev–Trinajstić information content (AvgIpc) is 3.24. The molecule has 0 unspecified atom stereocenters. The van der Waals surface area contributed by atoms with Gasteiger partial charge in [-0.25, -0.2) is 4.98 Å². The predicted molar refractivity (Wildman–Crippen MR) is 88.6 cm³/mol. The molecule has 5 nitrogen and oxygen atoms in total. The first-order valence-corrected chi connectivity index (χ1v) is 7.58. The average molecular weight is 313 g/mol. The van der Waals surface area contributed by atoms with E-state index in [9.17, 15) is 0 Å². The molecule has 0 radical (unpaired) electrons. The van der Waals surface area contributed by atoms with E-state index in [2.05, 4.69) is 15.5 Å². The summed E-state index contributed by atoms with van der Waals surface area (Å²) in [4.78, 5) is 4.52. The zero-order chi connectivity index (χ0) is 15.4. The monoisotopic (exact) mass is 313 g/mol. The second-order valence-electron chi connectivity index (χ2n) is 4.56. The Morgan fingerprint density at radius 2 is 2.23 bits per heavy atom. The molecule has 0 bridgehead atoms. The van der Waals surface area contributed by atoms with Gasteiger partial charge in [-0.1, -0.05) is 12.1 Å². The highest BCUT2D eigenvalue weighted by Crippen LogP contribution is 2.27. The number of benzene rings is 1. The van der Waals surface area contributed by atoms with Crippen molar-refractivity contribution in [3.8, 4) is 17.0 Å². The Labute approximate surface area is 132 Å². The number of methoxy groups -OCH3 is 1. The van der Waals surface area contributed by atoms with Crippen LogP contribution in [0.4, 0.5) is 5.13 Å². The molecular weight excluding hydrogens is 298 g/mol. The van der Waals surface area contributed by atoms with Crippen molar-refractivity contribution in [3.63, 3.8) is 0 Å². The quantitative estimate of drug-likeness (QED) is 0.565. The molecule has 0 atom stereocenters. The zero-order valence-electron chi connectivity index (χ0n) is 12.2. The fraction of sp³-hybridized carbons (Fsp3) is 0.125. The maximum atomic E-state index is 5.28. The molecule has 0 aliphatic heterocycles. The third kappa shape index (κ3) is 3.17. The standard InChI is InChI=1S/C16H15N3O2S/c1-11(15-7-4-8-21-15)18-19-16-17-14(10-22-16)12-5-3-6-13(9-12)20-2/h3-10H,1-2H3,(H,17,19)/b18-11+. The van der Waals surface area contributed by atoms with Crippen LogP contribution in [0.25, 0.3) is 11.3 Å². The summed E-state index contributed by atoms with van der Waals surface area (Å²) in [5.41, 5.74) is 5.62. The van der Waals surface area contributed by atoms with Gasteiger partial charge in [0, 0.05) is 10.9 Å². The largest absolute Gasteiger partial charge is 0.497 e. The number of hydrogen-bond acceptors (Lipinski definition) is 6. The lowest BCUT2D eigenvalue weighted by Gasteiger charge is -2.01. The SMILES string of the molecule is COc1cccc(-c2csc(N/N=C(\C)c3ccco3)n2)c1. The number of rotatable bonds is 5. The molecule has 0 spiro atoms. The number of hydrazone groups is 1. The van der Waals surface area contributed by atoms with Crippen molar-refractivity contribution >= 4 is 22.2 Å². The second kappa shape index (κ2) is 6.44. The number of ether oxygens (including phenoxy) is 1. The first-order chi connectivity index (χ1) is 10.8. The van der Waals surface area contributed by atoms with Crippen LogP contribution in [-0.2, 0) is 0 Å². The molecule has 3 aromatic rings. The van der Waals surface area contributed by atoms with Crippen molar-refractivity contribution in [2.24, 2.45) is 5.10 Å². The summed E-state index contributed by atoms with van der Waals surface area (Å²) in [6.45, 7) is 1.88. The number of furan rings is 1. The third-order valence-corrected chi connectivity index (χ3v) is 3.81. The van der Waals surface area contributed by atoms with E-state index in [0.29, 0.717) is 0 Å². The lowest BCUT2D eigenvalue weighted by atomic mass is 10.2. The topological polar surface area (TPSA) is 59.6 Å². The van der Waals surface area contributed by atoms with E-state index >= 15 is 0 Å². The van der Waals surface area contributed by atoms with E-state index in [-0.39, 0.29) is 0 Å². The van der Waals surface area contributed by atoms with Crippen LogP contribution in [-0.4, -0.2) is 17.8 Å². The fourth-order valence-electron chi connectivity index (χ4n) is 1.91. The molecule has 3 rings (SSSR count). The Bertz CT molecular complexity index is 778. The summed E-state index contributed by atoms with van der Waals surface area (Å²) in [6, 6.07) is 11.5. The van der Waals surface area contributed by atoms with Gasteiger partial charge in [-0.2, -0.15) is 5.10 Å². The summed E-state index contributed by atoms with van der Waals surface area (Å²) >= 11 is 1.50. The number of hydrogen-bond donors (Lipinski definition) is 1. The Hall–Kier alpha value is -2.60. The van der Waals surface area contributed by atoms with Crippen molar-refractivity contribution in [2.45, 2.75) is 6.92 Å². The molecule has 0 saturated carbocycles. The lowest BCUT2D eigenvalue weighted by molar-refractivity contribution is 0.415. The van der Waals surface area contributed by atoms with E-state index in [0.717, 1.165) is 33.6 Å². The number of nitrogens with one attached hydrogen (secondary N) is 1. The Morgan fingerprint density at radius 1 is 1.32 bits per heavy atom. The third-order valence-electron chi connectivity index (χ3n) is 3.07. The minimum Gasteiger partial charge on any atom is -0.497 e. The van der Waals surface area contributed by atoms with E-state index in [1.165, 1.54) is 11.3 Å². The van der Waals surface area contributed by atoms with Gasteiger partial charge in [-0.15, -0.1) is 11.3 Å². The molecule has 0 aliphatic rings. The maximum Gasteiger partial charge on any atom is 0.203 e. The van der Waals surface area contributed by atoms with Crippen molar-refractivity contribution in [1.82, 2.24) is 4.98 Å². The first kappa shape index (κ1) is 14.3. The normalized spacial score (nSPS) is 11.5. The van der Waals surface area contributed by atoms with Gasteiger partial charge in [0.1, 0.15) is 17.2 Å². The van der Waals surface area contributed by atoms with Gasteiger partial charge in [0.05, 0.1) is 19.1 Å². The lowest BCUT2D eigenvalue weighted by Crippen LogP contribution is -1.97. The summed E-state index contributed by atoms with van der Waals surface area (Å²) in [7, 11) is 1.65. The molecule has 6 heteroatoms. The summed E-state index contributed by atoms with van der Waals surface area (Å²) in [5.74, 6) is 1.55. The van der Waals surface area contributed by atoms with Gasteiger partial charge in [-0.05, 0) is 31.2 Å². The highest BCUT2D eigenvalue weighted by Gasteiger charge is 2.06. The zero-order valence-corrected chi connectivity index (χ0v) is 13.1. The van der Waals surface area contributed by atoms with Crippen molar-refractivity contribution in [1.29, 1.82) is 0 Å². The first-order valence-electron chi connectivity index (χ1n) is 6.70. The highest BCUT2D eigenvalue weighted by molar-refractivity contribution is 7.14. The van der Waals surface area contributed by atoms with Crippen LogP contribution < -0.4 is 10.2 Å². The Kier molecular flexibility index (Phi) is 4.20. The smallest absolute Gasteiger partial charge is 0.203 e. The molecule has 112 valence electrons. The van der Waals surface area contributed by atoms with Crippen LogP contribution in [0.15, 0.2) is 57.6 Å². The van der Waals surface area contributed by atoms with Crippen LogP contribution in [0.5, 0.6) is 5.75 Å². The number of aromatic nitrogens is 1. The molecule has 0 amide bonds. The molecule has 0 fully saturated rings. The second-order valence-corrected chi connectivity index (χ2v) is 5.41. The van der Waals surface area contributed by atoms with E-state index in [4.69, 9.17) is 9.15 Å². The van der Waals surface area contributed by atoms with Gasteiger partial charge < -0.3 is 9.15 Å². The summed E-state index contributed by atoms with van der Waals surface area (Å²) in [6.07, 6.45) is 1.62. The van der Waals surface area contributed by atoms with Crippen LogP contribution in [0, 0.1) is 0 Å². The minimum atomic E-state index is 0.726. The summed E-state index contributed by atoms with van der Waals surface area (Å²) < 4.78 is 10.5. The van der Waals surface area contributed by atoms with Gasteiger partial charge in [-0.3, -0.25) is 5.43 Å². The van der Waals surface area contributed by atoms with Gasteiger partial charge in [0.15, 0.2) is 0 Å². The van der Waals surface area contributed by atoms with Crippen LogP contribution in [0.1, 0.15) is 12.7 Å². The molecule has 2 aromatic heterocycles. The van der Waals surface area contributed by atoms with Gasteiger partial charge >= 0.3 is 0 Å². The van der Waals surface area contributed by atoms with E-state index in [1.54, 1.807) is 13.4 Å². The molecule has 2 heterocycles. The molecule has 22 heavy (non-hydrogen) atoms. The molecule has 0 aliphatic carbocycles. The van der Waals surface area contributed by atoms with Crippen molar-refractivity contribution < 1.29 is 9.15 Å². The van der Waals surface area contributed by atoms with Gasteiger partial charge in [0.25, 0.3) is 0 Å². The van der Waals surface area contributed by atoms with Crippen molar-refractivity contribution in [3.05, 3.63) is 53.8 Å². The Morgan fingerprint density at radius 3 is 3.00 bits per heavy atom. The molecule has 1 N–H and O–H groups in total. The number of thiazole rings is 1. The fourth-order valence-corrected chi connectivity index (χ4v) is 2.57. The maximum absolute atomic E-state index is 5.28. The number of nitrogens with zero attached hydrogens (tertiary/aromatic N) is 2.